The Bertz CT molecular complexity index is 1030. The van der Waals surface area contributed by atoms with Crippen LogP contribution in [0.3, 0.4) is 0 Å². The molecule has 2 aromatic rings. The number of fused-ring (bicyclic) bond motifs is 1. The molecule has 0 spiro atoms. The second kappa shape index (κ2) is 12.8. The number of rotatable bonds is 8. The molecule has 0 aliphatic carbocycles. The first kappa shape index (κ1) is 28.5. The lowest BCUT2D eigenvalue weighted by molar-refractivity contribution is -0.153. The number of benzene rings is 2. The molecule has 35 heavy (non-hydrogen) atoms. The molecule has 0 N–H and O–H groups in total. The molecule has 0 bridgehead atoms. The molecule has 0 fully saturated rings. The predicted octanol–water partition coefficient (Wildman–Crippen LogP) is 3.72. The molecule has 3 rings (SSSR count). The fourth-order valence-corrected chi connectivity index (χ4v) is 5.19. The number of esters is 2. The highest BCUT2D eigenvalue weighted by Crippen LogP contribution is 2.47. The van der Waals surface area contributed by atoms with Crippen LogP contribution in [0, 0.1) is 0 Å². The lowest BCUT2D eigenvalue weighted by Crippen LogP contribution is -2.48. The molecule has 1 heterocycles. The van der Waals surface area contributed by atoms with Gasteiger partial charge in [0, 0.05) is 25.3 Å². The number of hydrogen-bond donors (Lipinski definition) is 0. The van der Waals surface area contributed by atoms with E-state index < -0.39 is 29.4 Å². The number of nitrogens with zero attached hydrogens (tertiary/aromatic N) is 2. The van der Waals surface area contributed by atoms with E-state index in [-0.39, 0.29) is 24.9 Å². The van der Waals surface area contributed by atoms with Crippen molar-refractivity contribution in [2.24, 2.45) is 0 Å². The third-order valence-electron chi connectivity index (χ3n) is 5.22. The molecule has 0 aromatic heterocycles. The Kier molecular flexibility index (Phi) is 10.4. The van der Waals surface area contributed by atoms with Crippen LogP contribution < -0.4 is 9.64 Å². The quantitative estimate of drug-likeness (QED) is 0.485. The maximum atomic E-state index is 13.9. The van der Waals surface area contributed by atoms with Crippen LogP contribution in [0.1, 0.15) is 24.7 Å². The normalized spacial score (nSPS) is 18.1. The molecule has 10 heteroatoms. The molecule has 1 unspecified atom stereocenters. The molecular weight excluding hydrogens is 492 g/mol. The fourth-order valence-electron chi connectivity index (χ4n) is 3.87. The third-order valence-corrected chi connectivity index (χ3v) is 6.59. The van der Waals surface area contributed by atoms with Crippen molar-refractivity contribution in [2.45, 2.75) is 36.2 Å². The lowest BCUT2D eigenvalue weighted by Gasteiger charge is -2.31. The van der Waals surface area contributed by atoms with Gasteiger partial charge < -0.3 is 24.0 Å². The first-order valence-corrected chi connectivity index (χ1v) is 11.8. The Balaban J connectivity index is 0.00000432. The number of ether oxygens (including phenoxy) is 3. The van der Waals surface area contributed by atoms with E-state index in [1.54, 1.807) is 12.0 Å². The van der Waals surface area contributed by atoms with Crippen LogP contribution in [0.4, 0.5) is 5.69 Å². The minimum Gasteiger partial charge on any atom is -0.497 e. The molecule has 0 saturated heterocycles. The van der Waals surface area contributed by atoms with Gasteiger partial charge in [0.25, 0.3) is 5.91 Å². The number of carbonyl (C=O) groups is 3. The molecule has 1 aliphatic rings. The summed E-state index contributed by atoms with van der Waals surface area (Å²) in [6, 6.07) is 14.9. The topological polar surface area (TPSA) is 85.4 Å². The summed E-state index contributed by atoms with van der Waals surface area (Å²) in [7, 11) is 5.32. The number of halogens is 1. The van der Waals surface area contributed by atoms with E-state index in [2.05, 4.69) is 0 Å². The summed E-state index contributed by atoms with van der Waals surface area (Å²) in [5.41, 5.74) is 1.51. The second-order valence-electron chi connectivity index (χ2n) is 8.25. The van der Waals surface area contributed by atoms with E-state index in [9.17, 15) is 14.4 Å². The van der Waals surface area contributed by atoms with Gasteiger partial charge in [0.1, 0.15) is 11.9 Å². The van der Waals surface area contributed by atoms with Gasteiger partial charge in [-0.15, -0.1) is 24.2 Å². The van der Waals surface area contributed by atoms with Gasteiger partial charge in [0.15, 0.2) is 6.10 Å². The van der Waals surface area contributed by atoms with E-state index in [1.165, 1.54) is 25.6 Å². The van der Waals surface area contributed by atoms with Crippen LogP contribution >= 0.6 is 24.2 Å². The Morgan fingerprint density at radius 3 is 2.29 bits per heavy atom. The van der Waals surface area contributed by atoms with E-state index in [4.69, 9.17) is 14.2 Å². The molecular formula is C25H31ClN2O6S. The second-order valence-corrected chi connectivity index (χ2v) is 9.44. The summed E-state index contributed by atoms with van der Waals surface area (Å²) < 4.78 is 16.4. The summed E-state index contributed by atoms with van der Waals surface area (Å²) in [4.78, 5) is 42.0. The van der Waals surface area contributed by atoms with Crippen LogP contribution in [-0.4, -0.2) is 69.2 Å². The van der Waals surface area contributed by atoms with Crippen LogP contribution in [0.15, 0.2) is 53.4 Å². The fraction of sp³-hybridized carbons (Fsp3) is 0.400. The van der Waals surface area contributed by atoms with Gasteiger partial charge in [-0.2, -0.15) is 0 Å². The number of anilines is 1. The predicted molar refractivity (Wildman–Crippen MR) is 137 cm³/mol. The van der Waals surface area contributed by atoms with Crippen molar-refractivity contribution in [3.63, 3.8) is 0 Å². The van der Waals surface area contributed by atoms with Crippen molar-refractivity contribution in [3.05, 3.63) is 54.1 Å². The molecule has 190 valence electrons. The lowest BCUT2D eigenvalue weighted by atomic mass is 10.1. The summed E-state index contributed by atoms with van der Waals surface area (Å²) in [5, 5.41) is -0.477. The van der Waals surface area contributed by atoms with Crippen LogP contribution in [0.5, 0.6) is 5.75 Å². The van der Waals surface area contributed by atoms with Gasteiger partial charge in [-0.1, -0.05) is 24.3 Å². The van der Waals surface area contributed by atoms with Gasteiger partial charge in [-0.25, -0.2) is 0 Å². The average Bonchev–Trinajstić information content (AvgIpc) is 2.88. The van der Waals surface area contributed by atoms with E-state index in [1.807, 2.05) is 67.5 Å². The number of amides is 1. The molecule has 2 aromatic carbocycles. The number of methoxy groups -OCH3 is 1. The highest BCUT2D eigenvalue weighted by atomic mass is 35.5. The van der Waals surface area contributed by atoms with Crippen molar-refractivity contribution in [1.82, 2.24) is 4.90 Å². The Hall–Kier alpha value is -2.75. The maximum absolute atomic E-state index is 13.9. The molecule has 1 aliphatic heterocycles. The zero-order valence-corrected chi connectivity index (χ0v) is 22.1. The highest BCUT2D eigenvalue weighted by molar-refractivity contribution is 7.99. The average molecular weight is 523 g/mol. The molecule has 8 nitrogen and oxygen atoms in total. The minimum absolute atomic E-state index is 0. The van der Waals surface area contributed by atoms with E-state index in [0.29, 0.717) is 18.0 Å². The largest absolute Gasteiger partial charge is 0.497 e. The zero-order valence-electron chi connectivity index (χ0n) is 20.4. The molecule has 3 atom stereocenters. The van der Waals surface area contributed by atoms with Gasteiger partial charge in [-0.05, 0) is 43.9 Å². The van der Waals surface area contributed by atoms with Crippen LogP contribution in [0.25, 0.3) is 0 Å². The molecule has 0 radical (unpaired) electrons. The number of likely N-dealkylation sites (N-methyl/N-ethyl adjacent to an activating group) is 1. The molecule has 1 amide bonds. The van der Waals surface area contributed by atoms with E-state index >= 15 is 0 Å². The minimum atomic E-state index is -1.07. The van der Waals surface area contributed by atoms with E-state index in [0.717, 1.165) is 10.5 Å². The number of carbonyl (C=O) groups excluding carboxylic acids is 3. The summed E-state index contributed by atoms with van der Waals surface area (Å²) in [5.74, 6) is -0.658. The molecule has 0 saturated carbocycles. The van der Waals surface area contributed by atoms with Gasteiger partial charge in [0.2, 0.25) is 0 Å². The van der Waals surface area contributed by atoms with Crippen molar-refractivity contribution in [3.8, 4) is 5.75 Å². The zero-order chi connectivity index (χ0) is 24.8. The Morgan fingerprint density at radius 1 is 1.06 bits per heavy atom. The number of hydrogen-bond acceptors (Lipinski definition) is 8. The van der Waals surface area contributed by atoms with Crippen molar-refractivity contribution in [1.29, 1.82) is 0 Å². The number of thioether (sulfide) groups is 1. The SMILES string of the molecule is COc1ccc([C@H]2Sc3ccccc3N(CC(CN(C)C)OC(C)=O)C(=O)[C@H]2OC(C)=O)cc1.Cl. The Labute approximate surface area is 216 Å². The van der Waals surface area contributed by atoms with Gasteiger partial charge >= 0.3 is 11.9 Å². The summed E-state index contributed by atoms with van der Waals surface area (Å²) in [6.45, 7) is 3.19. The highest BCUT2D eigenvalue weighted by Gasteiger charge is 2.41. The summed E-state index contributed by atoms with van der Waals surface area (Å²) in [6.07, 6.45) is -1.63. The summed E-state index contributed by atoms with van der Waals surface area (Å²) >= 11 is 1.46. The first-order valence-electron chi connectivity index (χ1n) is 10.9. The van der Waals surface area contributed by atoms with Gasteiger partial charge in [-0.3, -0.25) is 14.4 Å². The standard InChI is InChI=1S/C25H30N2O6S.ClH/c1-16(28)32-20(14-26(3)4)15-27-21-8-6-7-9-22(21)34-24(23(25(27)30)33-17(2)29)18-10-12-19(31-5)13-11-18;/h6-13,20,23-24H,14-15H2,1-5H3;1H/t20?,23-,24+;/m0./s1. The van der Waals surface area contributed by atoms with Crippen LogP contribution in [0.2, 0.25) is 0 Å². The van der Waals surface area contributed by atoms with Crippen molar-refractivity contribution in [2.75, 3.05) is 39.2 Å². The first-order chi connectivity index (χ1) is 16.2. The Morgan fingerprint density at radius 2 is 1.71 bits per heavy atom. The van der Waals surface area contributed by atoms with Crippen molar-refractivity contribution < 1.29 is 28.6 Å². The smallest absolute Gasteiger partial charge is 0.303 e. The van der Waals surface area contributed by atoms with Crippen LogP contribution in [-0.2, 0) is 23.9 Å². The monoisotopic (exact) mass is 522 g/mol. The maximum Gasteiger partial charge on any atom is 0.303 e. The number of para-hydroxylation sites is 1. The van der Waals surface area contributed by atoms with Crippen molar-refractivity contribution >= 4 is 47.7 Å². The van der Waals surface area contributed by atoms with Gasteiger partial charge in [0.05, 0.1) is 24.6 Å². The third kappa shape index (κ3) is 7.37.